The highest BCUT2D eigenvalue weighted by atomic mass is 15.2. The number of guanidine groups is 1. The molecular weight excluding hydrogens is 198 g/mol. The van der Waals surface area contributed by atoms with Gasteiger partial charge in [0.15, 0.2) is 5.96 Å². The molecule has 0 amide bonds. The van der Waals surface area contributed by atoms with Gasteiger partial charge in [-0.05, 0) is 24.0 Å². The van der Waals surface area contributed by atoms with Crippen LogP contribution in [0.4, 0.5) is 0 Å². The predicted molar refractivity (Wildman–Crippen MR) is 67.6 cm³/mol. The molecule has 1 aromatic carbocycles. The highest BCUT2D eigenvalue weighted by Crippen LogP contribution is 2.04. The summed E-state index contributed by atoms with van der Waals surface area (Å²) in [7, 11) is 0. The molecule has 1 aromatic rings. The van der Waals surface area contributed by atoms with Crippen molar-refractivity contribution in [1.82, 2.24) is 10.6 Å². The van der Waals surface area contributed by atoms with E-state index in [-0.39, 0.29) is 0 Å². The van der Waals surface area contributed by atoms with E-state index in [0.29, 0.717) is 0 Å². The topological polar surface area (TPSA) is 36.4 Å². The van der Waals surface area contributed by atoms with Crippen LogP contribution in [-0.2, 0) is 13.0 Å². The lowest BCUT2D eigenvalue weighted by Crippen LogP contribution is -2.40. The van der Waals surface area contributed by atoms with Crippen LogP contribution in [0.15, 0.2) is 29.3 Å². The molecule has 0 fully saturated rings. The van der Waals surface area contributed by atoms with Gasteiger partial charge in [0.25, 0.3) is 0 Å². The van der Waals surface area contributed by atoms with Gasteiger partial charge in [-0.3, -0.25) is 4.99 Å². The summed E-state index contributed by atoms with van der Waals surface area (Å²) in [6, 6.07) is 8.73. The Bertz CT molecular complexity index is 354. The van der Waals surface area contributed by atoms with Crippen LogP contribution in [0, 0.1) is 0 Å². The van der Waals surface area contributed by atoms with Gasteiger partial charge in [0.05, 0.1) is 0 Å². The number of rotatable bonds is 3. The van der Waals surface area contributed by atoms with Crippen molar-refractivity contribution in [3.63, 3.8) is 0 Å². The molecule has 16 heavy (non-hydrogen) atoms. The van der Waals surface area contributed by atoms with Gasteiger partial charge in [0.1, 0.15) is 0 Å². The molecule has 0 saturated heterocycles. The Kier molecular flexibility index (Phi) is 3.81. The van der Waals surface area contributed by atoms with E-state index < -0.39 is 0 Å². The van der Waals surface area contributed by atoms with Gasteiger partial charge in [-0.1, -0.05) is 31.2 Å². The van der Waals surface area contributed by atoms with Gasteiger partial charge >= 0.3 is 0 Å². The molecule has 0 atom stereocenters. The first-order valence-electron chi connectivity index (χ1n) is 5.98. The Morgan fingerprint density at radius 3 is 2.62 bits per heavy atom. The summed E-state index contributed by atoms with van der Waals surface area (Å²) in [5.74, 6) is 0.936. The fourth-order valence-corrected chi connectivity index (χ4v) is 1.73. The second-order valence-electron chi connectivity index (χ2n) is 4.03. The Hall–Kier alpha value is -1.51. The Balaban J connectivity index is 1.86. The average molecular weight is 217 g/mol. The minimum absolute atomic E-state index is 0.843. The smallest absolute Gasteiger partial charge is 0.191 e. The lowest BCUT2D eigenvalue weighted by atomic mass is 10.1. The highest BCUT2D eigenvalue weighted by molar-refractivity contribution is 5.80. The Morgan fingerprint density at radius 1 is 1.25 bits per heavy atom. The van der Waals surface area contributed by atoms with E-state index in [1.54, 1.807) is 0 Å². The molecule has 1 aliphatic heterocycles. The number of aryl methyl sites for hydroxylation is 1. The van der Waals surface area contributed by atoms with Gasteiger partial charge in [-0.2, -0.15) is 0 Å². The first kappa shape index (κ1) is 11.0. The van der Waals surface area contributed by atoms with Crippen LogP contribution in [0.3, 0.4) is 0 Å². The van der Waals surface area contributed by atoms with Crippen molar-refractivity contribution < 1.29 is 0 Å². The third-order valence-corrected chi connectivity index (χ3v) is 2.79. The molecule has 0 unspecified atom stereocenters. The molecular formula is C13H19N3. The zero-order valence-electron chi connectivity index (χ0n) is 9.79. The molecule has 0 bridgehead atoms. The van der Waals surface area contributed by atoms with Gasteiger partial charge in [0.2, 0.25) is 0 Å². The lowest BCUT2D eigenvalue weighted by Gasteiger charge is -2.16. The highest BCUT2D eigenvalue weighted by Gasteiger charge is 2.02. The van der Waals surface area contributed by atoms with Crippen molar-refractivity contribution in [2.75, 3.05) is 13.1 Å². The molecule has 1 aliphatic rings. The van der Waals surface area contributed by atoms with E-state index in [1.165, 1.54) is 11.1 Å². The fourth-order valence-electron chi connectivity index (χ4n) is 1.73. The second-order valence-corrected chi connectivity index (χ2v) is 4.03. The first-order valence-corrected chi connectivity index (χ1v) is 5.98. The predicted octanol–water partition coefficient (Wildman–Crippen LogP) is 1.69. The number of hydrogen-bond donors (Lipinski definition) is 2. The van der Waals surface area contributed by atoms with Crippen molar-refractivity contribution in [1.29, 1.82) is 0 Å². The van der Waals surface area contributed by atoms with Crippen molar-refractivity contribution in [2.45, 2.75) is 26.3 Å². The van der Waals surface area contributed by atoms with E-state index in [0.717, 1.165) is 38.4 Å². The molecule has 3 nitrogen and oxygen atoms in total. The molecule has 0 spiro atoms. The zero-order chi connectivity index (χ0) is 11.2. The summed E-state index contributed by atoms with van der Waals surface area (Å²) in [4.78, 5) is 4.37. The summed E-state index contributed by atoms with van der Waals surface area (Å²) < 4.78 is 0. The molecule has 0 saturated carbocycles. The van der Waals surface area contributed by atoms with Crippen LogP contribution in [0.25, 0.3) is 0 Å². The van der Waals surface area contributed by atoms with Crippen molar-refractivity contribution >= 4 is 5.96 Å². The molecule has 2 rings (SSSR count). The van der Waals surface area contributed by atoms with E-state index in [9.17, 15) is 0 Å². The van der Waals surface area contributed by atoms with E-state index >= 15 is 0 Å². The van der Waals surface area contributed by atoms with Crippen molar-refractivity contribution in [3.8, 4) is 0 Å². The molecule has 1 heterocycles. The summed E-state index contributed by atoms with van der Waals surface area (Å²) in [6.07, 6.45) is 2.23. The Labute approximate surface area is 97.0 Å². The van der Waals surface area contributed by atoms with Gasteiger partial charge < -0.3 is 10.6 Å². The maximum atomic E-state index is 4.37. The zero-order valence-corrected chi connectivity index (χ0v) is 9.79. The number of nitrogens with zero attached hydrogens (tertiary/aromatic N) is 1. The molecule has 3 heteroatoms. The standard InChI is InChI=1S/C13H19N3/c1-2-11-4-6-12(7-5-11)10-16-13-14-8-3-9-15-13/h4-7H,2-3,8-10H2,1H3,(H2,14,15,16). The SMILES string of the molecule is CCc1ccc(CNC2=NCCCN2)cc1. The van der Waals surface area contributed by atoms with E-state index in [4.69, 9.17) is 0 Å². The van der Waals surface area contributed by atoms with Gasteiger partial charge in [0, 0.05) is 19.6 Å². The van der Waals surface area contributed by atoms with Crippen molar-refractivity contribution in [2.24, 2.45) is 4.99 Å². The molecule has 0 aromatic heterocycles. The van der Waals surface area contributed by atoms with Gasteiger partial charge in [-0.15, -0.1) is 0 Å². The lowest BCUT2D eigenvalue weighted by molar-refractivity contribution is 0.702. The van der Waals surface area contributed by atoms with E-state index in [2.05, 4.69) is 46.8 Å². The molecule has 0 aliphatic carbocycles. The summed E-state index contributed by atoms with van der Waals surface area (Å²) in [6.45, 7) is 4.98. The van der Waals surface area contributed by atoms with Gasteiger partial charge in [-0.25, -0.2) is 0 Å². The average Bonchev–Trinajstić information content (AvgIpc) is 2.38. The largest absolute Gasteiger partial charge is 0.356 e. The van der Waals surface area contributed by atoms with Crippen LogP contribution in [0.5, 0.6) is 0 Å². The summed E-state index contributed by atoms with van der Waals surface area (Å²) in [5, 5.41) is 6.57. The maximum absolute atomic E-state index is 4.37. The van der Waals surface area contributed by atoms with Crippen LogP contribution in [-0.4, -0.2) is 19.0 Å². The summed E-state index contributed by atoms with van der Waals surface area (Å²) >= 11 is 0. The number of benzene rings is 1. The minimum Gasteiger partial charge on any atom is -0.356 e. The maximum Gasteiger partial charge on any atom is 0.191 e. The minimum atomic E-state index is 0.843. The van der Waals surface area contributed by atoms with E-state index in [1.807, 2.05) is 0 Å². The third-order valence-electron chi connectivity index (χ3n) is 2.79. The normalized spacial score (nSPS) is 15.2. The second kappa shape index (κ2) is 5.54. The number of nitrogens with one attached hydrogen (secondary N) is 2. The molecule has 0 radical (unpaired) electrons. The van der Waals surface area contributed by atoms with Crippen molar-refractivity contribution in [3.05, 3.63) is 35.4 Å². The fraction of sp³-hybridized carbons (Fsp3) is 0.462. The monoisotopic (exact) mass is 217 g/mol. The van der Waals surface area contributed by atoms with Crippen LogP contribution in [0.2, 0.25) is 0 Å². The first-order chi connectivity index (χ1) is 7.88. The molecule has 2 N–H and O–H groups in total. The quantitative estimate of drug-likeness (QED) is 0.808. The third kappa shape index (κ3) is 2.99. The van der Waals surface area contributed by atoms with Crippen LogP contribution < -0.4 is 10.6 Å². The van der Waals surface area contributed by atoms with Crippen LogP contribution in [0.1, 0.15) is 24.5 Å². The number of hydrogen-bond acceptors (Lipinski definition) is 3. The Morgan fingerprint density at radius 2 is 2.00 bits per heavy atom. The van der Waals surface area contributed by atoms with Crippen LogP contribution >= 0.6 is 0 Å². The number of aliphatic imine (C=N–C) groups is 1. The molecule has 86 valence electrons. The summed E-state index contributed by atoms with van der Waals surface area (Å²) in [5.41, 5.74) is 2.68.